The maximum atomic E-state index is 12.2. The second-order valence-corrected chi connectivity index (χ2v) is 6.86. The minimum atomic E-state index is -3.50. The molecule has 1 aliphatic rings. The lowest BCUT2D eigenvalue weighted by Crippen LogP contribution is -2.38. The van der Waals surface area contributed by atoms with Crippen LogP contribution in [-0.2, 0) is 10.0 Å². The topological polar surface area (TPSA) is 92.4 Å². The van der Waals surface area contributed by atoms with Crippen molar-refractivity contribution in [2.75, 3.05) is 5.73 Å². The molecule has 6 heteroatoms. The highest BCUT2D eigenvalue weighted by Gasteiger charge is 2.24. The molecule has 1 aromatic rings. The average molecular weight is 284 g/mol. The predicted octanol–water partition coefficient (Wildman–Crippen LogP) is 1.16. The van der Waals surface area contributed by atoms with Gasteiger partial charge in [-0.15, -0.1) is 0 Å². The van der Waals surface area contributed by atoms with Crippen molar-refractivity contribution in [3.63, 3.8) is 0 Å². The van der Waals surface area contributed by atoms with E-state index in [4.69, 9.17) is 5.73 Å². The summed E-state index contributed by atoms with van der Waals surface area (Å²) in [5.41, 5.74) is 7.02. The summed E-state index contributed by atoms with van der Waals surface area (Å²) >= 11 is 0. The molecule has 106 valence electrons. The summed E-state index contributed by atoms with van der Waals surface area (Å²) in [5.74, 6) is 0. The van der Waals surface area contributed by atoms with E-state index in [2.05, 4.69) is 4.72 Å². The Kier molecular flexibility index (Phi) is 4.13. The van der Waals surface area contributed by atoms with Crippen LogP contribution in [0, 0.1) is 6.92 Å². The standard InChI is InChI=1S/C13H20N2O3S/c1-9-8-12(6-7-13(9)14)19(17,18)15-10-2-4-11(16)5-3-10/h6-8,10-11,15-16H,2-5,14H2,1H3. The number of hydrogen-bond acceptors (Lipinski definition) is 4. The zero-order valence-electron chi connectivity index (χ0n) is 11.0. The lowest BCUT2D eigenvalue weighted by molar-refractivity contribution is 0.120. The van der Waals surface area contributed by atoms with Gasteiger partial charge in [0.05, 0.1) is 11.0 Å². The molecular weight excluding hydrogens is 264 g/mol. The van der Waals surface area contributed by atoms with Crippen LogP contribution in [-0.4, -0.2) is 25.7 Å². The maximum absolute atomic E-state index is 12.2. The molecule has 19 heavy (non-hydrogen) atoms. The molecule has 0 radical (unpaired) electrons. The SMILES string of the molecule is Cc1cc(S(=O)(=O)NC2CCC(O)CC2)ccc1N. The summed E-state index contributed by atoms with van der Waals surface area (Å²) in [6.45, 7) is 1.78. The summed E-state index contributed by atoms with van der Waals surface area (Å²) in [7, 11) is -3.50. The lowest BCUT2D eigenvalue weighted by Gasteiger charge is -2.26. The number of rotatable bonds is 3. The van der Waals surface area contributed by atoms with Gasteiger partial charge < -0.3 is 10.8 Å². The third-order valence-electron chi connectivity index (χ3n) is 3.57. The Bertz CT molecular complexity index is 549. The number of aryl methyl sites for hydroxylation is 1. The molecule has 0 saturated heterocycles. The highest BCUT2D eigenvalue weighted by molar-refractivity contribution is 7.89. The van der Waals surface area contributed by atoms with E-state index in [0.717, 1.165) is 5.56 Å². The first-order valence-electron chi connectivity index (χ1n) is 6.45. The fraction of sp³-hybridized carbons (Fsp3) is 0.538. The number of nitrogens with two attached hydrogens (primary N) is 1. The molecular formula is C13H20N2O3S. The van der Waals surface area contributed by atoms with Crippen LogP contribution in [0.2, 0.25) is 0 Å². The molecule has 0 aromatic heterocycles. The van der Waals surface area contributed by atoms with E-state index in [-0.39, 0.29) is 17.0 Å². The van der Waals surface area contributed by atoms with Crippen LogP contribution in [0.25, 0.3) is 0 Å². The quantitative estimate of drug-likeness (QED) is 0.726. The van der Waals surface area contributed by atoms with E-state index in [0.29, 0.717) is 31.4 Å². The van der Waals surface area contributed by atoms with Gasteiger partial charge in [-0.3, -0.25) is 0 Å². The van der Waals surface area contributed by atoms with Gasteiger partial charge in [0.15, 0.2) is 0 Å². The second kappa shape index (κ2) is 5.48. The molecule has 0 atom stereocenters. The lowest BCUT2D eigenvalue weighted by atomic mass is 9.94. The Morgan fingerprint density at radius 1 is 1.26 bits per heavy atom. The van der Waals surface area contributed by atoms with Gasteiger partial charge in [-0.2, -0.15) is 0 Å². The number of sulfonamides is 1. The fourth-order valence-electron chi connectivity index (χ4n) is 2.30. The Morgan fingerprint density at radius 3 is 2.47 bits per heavy atom. The number of benzene rings is 1. The van der Waals surface area contributed by atoms with Crippen molar-refractivity contribution in [3.05, 3.63) is 23.8 Å². The molecule has 1 aromatic carbocycles. The summed E-state index contributed by atoms with van der Waals surface area (Å²) in [5, 5.41) is 9.42. The van der Waals surface area contributed by atoms with Crippen LogP contribution in [0.15, 0.2) is 23.1 Å². The third-order valence-corrected chi connectivity index (χ3v) is 5.09. The van der Waals surface area contributed by atoms with Crippen molar-refractivity contribution in [2.45, 2.75) is 49.6 Å². The van der Waals surface area contributed by atoms with Gasteiger partial charge in [0.25, 0.3) is 0 Å². The van der Waals surface area contributed by atoms with Crippen molar-refractivity contribution >= 4 is 15.7 Å². The van der Waals surface area contributed by atoms with Gasteiger partial charge in [0.1, 0.15) is 0 Å². The average Bonchev–Trinajstić information content (AvgIpc) is 2.35. The molecule has 4 N–H and O–H groups in total. The fourth-order valence-corrected chi connectivity index (χ4v) is 3.69. The highest BCUT2D eigenvalue weighted by Crippen LogP contribution is 2.22. The summed E-state index contributed by atoms with van der Waals surface area (Å²) in [4.78, 5) is 0.241. The van der Waals surface area contributed by atoms with Crippen LogP contribution in [0.3, 0.4) is 0 Å². The Morgan fingerprint density at radius 2 is 1.89 bits per heavy atom. The van der Waals surface area contributed by atoms with Gasteiger partial charge in [-0.25, -0.2) is 13.1 Å². The molecule has 0 heterocycles. The molecule has 1 fully saturated rings. The smallest absolute Gasteiger partial charge is 0.240 e. The van der Waals surface area contributed by atoms with Crippen LogP contribution in [0.5, 0.6) is 0 Å². The number of anilines is 1. The largest absolute Gasteiger partial charge is 0.399 e. The van der Waals surface area contributed by atoms with Crippen molar-refractivity contribution in [3.8, 4) is 0 Å². The van der Waals surface area contributed by atoms with Crippen molar-refractivity contribution in [2.24, 2.45) is 0 Å². The first-order valence-corrected chi connectivity index (χ1v) is 7.93. The van der Waals surface area contributed by atoms with E-state index < -0.39 is 10.0 Å². The van der Waals surface area contributed by atoms with Gasteiger partial charge in [0, 0.05) is 11.7 Å². The number of aliphatic hydroxyl groups excluding tert-OH is 1. The Labute approximate surface area is 113 Å². The first-order chi connectivity index (χ1) is 8.88. The van der Waals surface area contributed by atoms with Crippen molar-refractivity contribution < 1.29 is 13.5 Å². The number of nitrogens with one attached hydrogen (secondary N) is 1. The van der Waals surface area contributed by atoms with Crippen LogP contribution in [0.4, 0.5) is 5.69 Å². The molecule has 0 aliphatic heterocycles. The van der Waals surface area contributed by atoms with Gasteiger partial charge >= 0.3 is 0 Å². The number of hydrogen-bond donors (Lipinski definition) is 3. The minimum absolute atomic E-state index is 0.0914. The molecule has 1 aliphatic carbocycles. The molecule has 2 rings (SSSR count). The summed E-state index contributed by atoms with van der Waals surface area (Å²) < 4.78 is 27.2. The van der Waals surface area contributed by atoms with E-state index in [1.165, 1.54) is 6.07 Å². The normalized spacial score (nSPS) is 24.3. The number of aliphatic hydroxyl groups is 1. The van der Waals surface area contributed by atoms with Gasteiger partial charge in [-0.1, -0.05) is 0 Å². The highest BCUT2D eigenvalue weighted by atomic mass is 32.2. The van der Waals surface area contributed by atoms with E-state index in [1.807, 2.05) is 0 Å². The van der Waals surface area contributed by atoms with Crippen LogP contribution in [0.1, 0.15) is 31.2 Å². The molecule has 0 amide bonds. The monoisotopic (exact) mass is 284 g/mol. The Balaban J connectivity index is 2.11. The summed E-state index contributed by atoms with van der Waals surface area (Å²) in [6.07, 6.45) is 2.35. The molecule has 0 spiro atoms. The molecule has 5 nitrogen and oxygen atoms in total. The van der Waals surface area contributed by atoms with E-state index in [9.17, 15) is 13.5 Å². The summed E-state index contributed by atoms with van der Waals surface area (Å²) in [6, 6.07) is 4.61. The van der Waals surface area contributed by atoms with E-state index in [1.54, 1.807) is 19.1 Å². The molecule has 1 saturated carbocycles. The Hall–Kier alpha value is -1.11. The predicted molar refractivity (Wildman–Crippen MR) is 74.2 cm³/mol. The van der Waals surface area contributed by atoms with Crippen molar-refractivity contribution in [1.29, 1.82) is 0 Å². The van der Waals surface area contributed by atoms with Crippen molar-refractivity contribution in [1.82, 2.24) is 4.72 Å². The van der Waals surface area contributed by atoms with Crippen LogP contribution < -0.4 is 10.5 Å². The number of nitrogen functional groups attached to an aromatic ring is 1. The zero-order valence-corrected chi connectivity index (χ0v) is 11.8. The van der Waals surface area contributed by atoms with E-state index >= 15 is 0 Å². The third kappa shape index (κ3) is 3.46. The molecule has 0 bridgehead atoms. The minimum Gasteiger partial charge on any atom is -0.399 e. The maximum Gasteiger partial charge on any atom is 0.240 e. The van der Waals surface area contributed by atoms with Crippen LogP contribution >= 0.6 is 0 Å². The van der Waals surface area contributed by atoms with Gasteiger partial charge in [-0.05, 0) is 56.4 Å². The van der Waals surface area contributed by atoms with Gasteiger partial charge in [0.2, 0.25) is 10.0 Å². The second-order valence-electron chi connectivity index (χ2n) is 5.15. The zero-order chi connectivity index (χ0) is 14.0. The first kappa shape index (κ1) is 14.3. The molecule has 0 unspecified atom stereocenters.